The lowest BCUT2D eigenvalue weighted by atomic mass is 10.1. The Labute approximate surface area is 94.6 Å². The predicted octanol–water partition coefficient (Wildman–Crippen LogP) is 0.291. The number of hydrogen-bond donors (Lipinski definition) is 2. The van der Waals surface area contributed by atoms with Crippen LogP contribution in [0.4, 0.5) is 4.79 Å². The average molecular weight is 227 g/mol. The van der Waals surface area contributed by atoms with Gasteiger partial charge in [-0.25, -0.2) is 4.79 Å². The molecule has 1 fully saturated rings. The highest BCUT2D eigenvalue weighted by atomic mass is 16.6. The molecule has 0 radical (unpaired) electrons. The van der Waals surface area contributed by atoms with Crippen molar-refractivity contribution in [2.45, 2.75) is 24.7 Å². The summed E-state index contributed by atoms with van der Waals surface area (Å²) in [7, 11) is 0. The number of nitrogens with zero attached hydrogens (tertiary/aromatic N) is 1. The summed E-state index contributed by atoms with van der Waals surface area (Å²) in [6, 6.07) is -0.415. The van der Waals surface area contributed by atoms with Crippen LogP contribution in [-0.2, 0) is 4.74 Å². The number of carbonyl (C=O) groups excluding carboxylic acids is 1. The molecule has 90 valence electrons. The van der Waals surface area contributed by atoms with E-state index in [1.165, 1.54) is 17.1 Å². The molecule has 0 aromatic heterocycles. The zero-order chi connectivity index (χ0) is 12.1. The minimum absolute atomic E-state index is 0.149. The fourth-order valence-corrected chi connectivity index (χ4v) is 1.55. The quantitative estimate of drug-likeness (QED) is 0.640. The van der Waals surface area contributed by atoms with Crippen LogP contribution in [0, 0.1) is 0 Å². The summed E-state index contributed by atoms with van der Waals surface area (Å²) in [5.41, 5.74) is 0. The van der Waals surface area contributed by atoms with Crippen molar-refractivity contribution in [3.8, 4) is 0 Å². The third-order valence-corrected chi connectivity index (χ3v) is 2.59. The zero-order valence-electron chi connectivity index (χ0n) is 9.08. The van der Waals surface area contributed by atoms with Crippen molar-refractivity contribution in [3.63, 3.8) is 0 Å². The van der Waals surface area contributed by atoms with Crippen molar-refractivity contribution in [3.05, 3.63) is 25.3 Å². The lowest BCUT2D eigenvalue weighted by Crippen LogP contribution is -2.42. The summed E-state index contributed by atoms with van der Waals surface area (Å²) in [6.07, 6.45) is 1.20. The monoisotopic (exact) mass is 227 g/mol. The maximum absolute atomic E-state index is 11.4. The molecule has 16 heavy (non-hydrogen) atoms. The number of aliphatic hydroxyl groups is 2. The molecule has 1 amide bonds. The Morgan fingerprint density at radius 3 is 2.75 bits per heavy atom. The van der Waals surface area contributed by atoms with Crippen LogP contribution in [0.1, 0.15) is 6.42 Å². The molecule has 0 aromatic carbocycles. The van der Waals surface area contributed by atoms with Crippen LogP contribution in [-0.4, -0.2) is 52.6 Å². The molecule has 0 saturated carbocycles. The van der Waals surface area contributed by atoms with Gasteiger partial charge in [-0.05, 0) is 6.42 Å². The van der Waals surface area contributed by atoms with Gasteiger partial charge in [-0.2, -0.15) is 0 Å². The second-order valence-electron chi connectivity index (χ2n) is 3.66. The van der Waals surface area contributed by atoms with Crippen LogP contribution >= 0.6 is 0 Å². The topological polar surface area (TPSA) is 70.0 Å². The summed E-state index contributed by atoms with van der Waals surface area (Å²) in [6.45, 7) is 7.38. The Kier molecular flexibility index (Phi) is 4.52. The van der Waals surface area contributed by atoms with E-state index in [0.717, 1.165) is 0 Å². The third kappa shape index (κ3) is 2.84. The fraction of sp³-hybridized carbons (Fsp3) is 0.545. The molecule has 1 heterocycles. The Hall–Kier alpha value is -1.33. The van der Waals surface area contributed by atoms with E-state index in [0.29, 0.717) is 13.0 Å². The number of cyclic esters (lactones) is 1. The number of ether oxygens (including phenoxy) is 1. The highest BCUT2D eigenvalue weighted by molar-refractivity contribution is 5.70. The van der Waals surface area contributed by atoms with Crippen LogP contribution < -0.4 is 0 Å². The van der Waals surface area contributed by atoms with Crippen molar-refractivity contribution >= 4 is 6.09 Å². The molecule has 3 atom stereocenters. The lowest BCUT2D eigenvalue weighted by Gasteiger charge is -2.24. The number of carbonyl (C=O) groups is 1. The van der Waals surface area contributed by atoms with E-state index in [4.69, 9.17) is 4.74 Å². The minimum atomic E-state index is -0.813. The summed E-state index contributed by atoms with van der Waals surface area (Å²) < 4.78 is 4.84. The molecule has 1 saturated heterocycles. The summed E-state index contributed by atoms with van der Waals surface area (Å²) in [5, 5.41) is 18.9. The molecule has 0 bridgehead atoms. The van der Waals surface area contributed by atoms with E-state index >= 15 is 0 Å². The number of hydrogen-bond acceptors (Lipinski definition) is 4. The van der Waals surface area contributed by atoms with Gasteiger partial charge < -0.3 is 14.9 Å². The van der Waals surface area contributed by atoms with Gasteiger partial charge in [0, 0.05) is 6.54 Å². The van der Waals surface area contributed by atoms with Crippen molar-refractivity contribution in [2.75, 3.05) is 13.2 Å². The highest BCUT2D eigenvalue weighted by Crippen LogP contribution is 2.17. The first-order valence-corrected chi connectivity index (χ1v) is 5.14. The number of rotatable bonds is 6. The molecule has 1 aliphatic heterocycles. The first-order valence-electron chi connectivity index (χ1n) is 5.14. The molecule has 5 nitrogen and oxygen atoms in total. The maximum Gasteiger partial charge on any atom is 0.410 e. The Balaban J connectivity index is 2.56. The Morgan fingerprint density at radius 1 is 1.50 bits per heavy atom. The van der Waals surface area contributed by atoms with E-state index in [2.05, 4.69) is 13.2 Å². The molecule has 0 aromatic rings. The van der Waals surface area contributed by atoms with E-state index in [1.54, 1.807) is 0 Å². The van der Waals surface area contributed by atoms with Crippen LogP contribution in [0.5, 0.6) is 0 Å². The van der Waals surface area contributed by atoms with E-state index in [-0.39, 0.29) is 6.61 Å². The molecule has 0 spiro atoms. The third-order valence-electron chi connectivity index (χ3n) is 2.59. The van der Waals surface area contributed by atoms with E-state index in [1.807, 2.05) is 0 Å². The van der Waals surface area contributed by atoms with Gasteiger partial charge in [0.25, 0.3) is 0 Å². The van der Waals surface area contributed by atoms with Gasteiger partial charge in [0.1, 0.15) is 6.61 Å². The Bertz CT molecular complexity index is 279. The first-order chi connectivity index (χ1) is 7.60. The second-order valence-corrected chi connectivity index (χ2v) is 3.66. The van der Waals surface area contributed by atoms with Crippen molar-refractivity contribution in [1.82, 2.24) is 4.90 Å². The average Bonchev–Trinajstić information content (AvgIpc) is 2.66. The molecular weight excluding hydrogens is 210 g/mol. The lowest BCUT2D eigenvalue weighted by molar-refractivity contribution is 0.111. The minimum Gasteiger partial charge on any atom is -0.447 e. The fourth-order valence-electron chi connectivity index (χ4n) is 1.55. The van der Waals surface area contributed by atoms with Crippen molar-refractivity contribution in [1.29, 1.82) is 0 Å². The van der Waals surface area contributed by atoms with Crippen molar-refractivity contribution in [2.24, 2.45) is 0 Å². The van der Waals surface area contributed by atoms with Gasteiger partial charge >= 0.3 is 6.09 Å². The van der Waals surface area contributed by atoms with Gasteiger partial charge in [0.05, 0.1) is 18.2 Å². The summed E-state index contributed by atoms with van der Waals surface area (Å²) >= 11 is 0. The van der Waals surface area contributed by atoms with Gasteiger partial charge in [-0.3, -0.25) is 4.90 Å². The van der Waals surface area contributed by atoms with Crippen molar-refractivity contribution < 1.29 is 19.7 Å². The van der Waals surface area contributed by atoms with E-state index in [9.17, 15) is 15.0 Å². The maximum atomic E-state index is 11.4. The van der Waals surface area contributed by atoms with E-state index < -0.39 is 24.3 Å². The molecular formula is C11H17NO4. The first kappa shape index (κ1) is 12.7. The molecule has 2 N–H and O–H groups in total. The molecule has 1 rings (SSSR count). The number of aliphatic hydroxyl groups excluding tert-OH is 2. The predicted molar refractivity (Wildman–Crippen MR) is 58.9 cm³/mol. The second kappa shape index (κ2) is 5.67. The highest BCUT2D eigenvalue weighted by Gasteiger charge is 2.36. The molecule has 1 aliphatic rings. The van der Waals surface area contributed by atoms with Crippen LogP contribution in [0.15, 0.2) is 25.3 Å². The molecule has 0 unspecified atom stereocenters. The summed E-state index contributed by atoms with van der Waals surface area (Å²) in [5.74, 6) is 0. The SMILES string of the molecule is C=C[C@@H](O)CCN1C(=O)OC[C@@H]1[C@@H](O)C=C. The number of amides is 1. The molecule has 5 heteroatoms. The standard InChI is InChI=1S/C11H17NO4/c1-3-8(13)5-6-12-9(10(14)4-2)7-16-11(12)15/h3-4,8-10,13-14H,1-2,5-7H2/t8-,9-,10+/m1/s1. The van der Waals surface area contributed by atoms with Crippen LogP contribution in [0.3, 0.4) is 0 Å². The zero-order valence-corrected chi connectivity index (χ0v) is 9.08. The largest absolute Gasteiger partial charge is 0.447 e. The smallest absolute Gasteiger partial charge is 0.410 e. The normalized spacial score (nSPS) is 23.8. The van der Waals surface area contributed by atoms with Gasteiger partial charge in [0.15, 0.2) is 0 Å². The summed E-state index contributed by atoms with van der Waals surface area (Å²) in [4.78, 5) is 12.8. The van der Waals surface area contributed by atoms with Gasteiger partial charge in [-0.1, -0.05) is 12.2 Å². The van der Waals surface area contributed by atoms with Gasteiger partial charge in [-0.15, -0.1) is 13.2 Å². The van der Waals surface area contributed by atoms with Crippen LogP contribution in [0.2, 0.25) is 0 Å². The van der Waals surface area contributed by atoms with Gasteiger partial charge in [0.2, 0.25) is 0 Å². The Morgan fingerprint density at radius 2 is 2.19 bits per heavy atom. The molecule has 0 aliphatic carbocycles. The van der Waals surface area contributed by atoms with Crippen LogP contribution in [0.25, 0.3) is 0 Å².